The van der Waals surface area contributed by atoms with Crippen LogP contribution in [0.5, 0.6) is 0 Å². The fourth-order valence-corrected chi connectivity index (χ4v) is 10.6. The average molecular weight is 854 g/mol. The van der Waals surface area contributed by atoms with Gasteiger partial charge in [0.25, 0.3) is 0 Å². The molecule has 5 heteroatoms. The highest BCUT2D eigenvalue weighted by atomic mass is 15.0. The van der Waals surface area contributed by atoms with E-state index >= 15 is 0 Å². The summed E-state index contributed by atoms with van der Waals surface area (Å²) in [4.78, 5) is 11.0. The molecule has 0 fully saturated rings. The van der Waals surface area contributed by atoms with Crippen LogP contribution >= 0.6 is 0 Å². The van der Waals surface area contributed by atoms with E-state index in [-0.39, 0.29) is 0 Å². The van der Waals surface area contributed by atoms with Crippen LogP contribution in [0.4, 0.5) is 0 Å². The number of aromatic nitrogens is 5. The van der Waals surface area contributed by atoms with Gasteiger partial charge in [-0.1, -0.05) is 158 Å². The maximum atomic E-state index is 5.51. The van der Waals surface area contributed by atoms with E-state index in [1.807, 2.05) is 0 Å². The van der Waals surface area contributed by atoms with Gasteiger partial charge < -0.3 is 13.7 Å². The topological polar surface area (TPSA) is 40.6 Å². The summed E-state index contributed by atoms with van der Waals surface area (Å²) in [5.74, 6) is 0.650. The van der Waals surface area contributed by atoms with E-state index < -0.39 is 0 Å². The van der Waals surface area contributed by atoms with Crippen LogP contribution in [0.25, 0.3) is 127 Å². The van der Waals surface area contributed by atoms with Gasteiger partial charge in [0, 0.05) is 66.1 Å². The molecule has 5 nitrogen and oxygen atoms in total. The Morgan fingerprint density at radius 1 is 0.239 bits per heavy atom. The quantitative estimate of drug-likeness (QED) is 0.167. The molecule has 0 aliphatic heterocycles. The second-order valence-electron chi connectivity index (χ2n) is 17.4. The molecule has 4 aromatic heterocycles. The first-order chi connectivity index (χ1) is 33.2. The first kappa shape index (κ1) is 37.3. The molecule has 0 aliphatic rings. The van der Waals surface area contributed by atoms with E-state index in [2.05, 4.69) is 250 Å². The Morgan fingerprint density at radius 2 is 0.597 bits per heavy atom. The number of rotatable bonds is 6. The highest BCUT2D eigenvalue weighted by molar-refractivity contribution is 6.11. The molecule has 0 N–H and O–H groups in total. The summed E-state index contributed by atoms with van der Waals surface area (Å²) >= 11 is 0. The van der Waals surface area contributed by atoms with Crippen molar-refractivity contribution in [1.82, 2.24) is 23.7 Å². The molecular formula is C62H39N5. The van der Waals surface area contributed by atoms with Crippen molar-refractivity contribution in [2.24, 2.45) is 0 Å². The van der Waals surface area contributed by atoms with Gasteiger partial charge in [-0.3, -0.25) is 0 Å². The molecule has 14 aromatic rings. The van der Waals surface area contributed by atoms with Gasteiger partial charge in [0.05, 0.1) is 44.5 Å². The Bertz CT molecular complexity index is 3990. The van der Waals surface area contributed by atoms with Crippen molar-refractivity contribution in [3.8, 4) is 51.0 Å². The summed E-state index contributed by atoms with van der Waals surface area (Å²) in [6.07, 6.45) is 0. The molecule has 4 heterocycles. The summed E-state index contributed by atoms with van der Waals surface area (Å²) < 4.78 is 7.15. The Kier molecular flexibility index (Phi) is 8.21. The van der Waals surface area contributed by atoms with E-state index in [4.69, 9.17) is 9.97 Å². The van der Waals surface area contributed by atoms with E-state index in [0.29, 0.717) is 5.82 Å². The average Bonchev–Trinajstić information content (AvgIpc) is 4.04. The first-order valence-electron chi connectivity index (χ1n) is 22.8. The standard InChI is InChI=1S/C62H39N5/c1-2-16-42-35-43(30-29-40(42)15-1)55-39-54(41-31-33-45(34-32-41)65-56-23-9-3-17-48(56)49-18-4-10-24-57(49)65)63-62(64-55)44-36-46(66-58-25-11-5-19-50(58)51-20-6-12-26-59(51)66)38-47(37-44)67-60-27-13-7-21-52(60)53-22-8-14-28-61(53)67/h1-39H. The van der Waals surface area contributed by atoms with Gasteiger partial charge in [0.1, 0.15) is 0 Å². The van der Waals surface area contributed by atoms with Crippen LogP contribution in [-0.4, -0.2) is 23.7 Å². The number of para-hydroxylation sites is 6. The van der Waals surface area contributed by atoms with Gasteiger partial charge in [-0.25, -0.2) is 9.97 Å². The lowest BCUT2D eigenvalue weighted by molar-refractivity contribution is 1.12. The Labute approximate surface area is 385 Å². The highest BCUT2D eigenvalue weighted by Gasteiger charge is 2.20. The van der Waals surface area contributed by atoms with Crippen molar-refractivity contribution >= 4 is 76.2 Å². The molecule has 0 aliphatic carbocycles. The van der Waals surface area contributed by atoms with Gasteiger partial charge in [-0.2, -0.15) is 0 Å². The normalized spacial score (nSPS) is 11.9. The predicted octanol–water partition coefficient (Wildman–Crippen LogP) is 15.9. The maximum absolute atomic E-state index is 5.51. The Balaban J connectivity index is 1.02. The smallest absolute Gasteiger partial charge is 0.160 e. The van der Waals surface area contributed by atoms with Crippen molar-refractivity contribution in [1.29, 1.82) is 0 Å². The van der Waals surface area contributed by atoms with Crippen molar-refractivity contribution in [3.05, 3.63) is 237 Å². The second kappa shape index (κ2) is 14.7. The third kappa shape index (κ3) is 5.88. The molecule has 0 spiro atoms. The zero-order valence-corrected chi connectivity index (χ0v) is 36.3. The molecular weight excluding hydrogens is 815 g/mol. The zero-order chi connectivity index (χ0) is 44.0. The number of fused-ring (bicyclic) bond motifs is 10. The molecule has 0 bridgehead atoms. The number of benzene rings is 10. The van der Waals surface area contributed by atoms with Crippen molar-refractivity contribution in [2.45, 2.75) is 0 Å². The lowest BCUT2D eigenvalue weighted by Gasteiger charge is -2.16. The maximum Gasteiger partial charge on any atom is 0.160 e. The molecule has 312 valence electrons. The molecule has 67 heavy (non-hydrogen) atoms. The van der Waals surface area contributed by atoms with Gasteiger partial charge >= 0.3 is 0 Å². The summed E-state index contributed by atoms with van der Waals surface area (Å²) in [7, 11) is 0. The van der Waals surface area contributed by atoms with Gasteiger partial charge in [-0.05, 0) is 89.6 Å². The highest BCUT2D eigenvalue weighted by Crippen LogP contribution is 2.39. The summed E-state index contributed by atoms with van der Waals surface area (Å²) in [5.41, 5.74) is 14.8. The minimum atomic E-state index is 0.650. The van der Waals surface area contributed by atoms with Crippen molar-refractivity contribution in [3.63, 3.8) is 0 Å². The van der Waals surface area contributed by atoms with E-state index in [0.717, 1.165) is 67.2 Å². The molecule has 0 unspecified atom stereocenters. The van der Waals surface area contributed by atoms with E-state index in [1.165, 1.54) is 54.1 Å². The SMILES string of the molecule is c1ccc2cc(-c3cc(-c4ccc(-n5c6ccccc6c6ccccc65)cc4)nc(-c4cc(-n5c6ccccc6c6ccccc65)cc(-n5c6ccccc6c6ccccc65)c4)n3)ccc2c1. The van der Waals surface area contributed by atoms with Crippen LogP contribution in [0, 0.1) is 0 Å². The first-order valence-corrected chi connectivity index (χ1v) is 22.8. The van der Waals surface area contributed by atoms with Gasteiger partial charge in [0.15, 0.2) is 5.82 Å². The van der Waals surface area contributed by atoms with Crippen molar-refractivity contribution in [2.75, 3.05) is 0 Å². The fourth-order valence-electron chi connectivity index (χ4n) is 10.6. The minimum absolute atomic E-state index is 0.650. The number of hydrogen-bond donors (Lipinski definition) is 0. The van der Waals surface area contributed by atoms with Crippen LogP contribution < -0.4 is 0 Å². The third-order valence-corrected chi connectivity index (χ3v) is 13.6. The number of nitrogens with zero attached hydrogens (tertiary/aromatic N) is 5. The summed E-state index contributed by atoms with van der Waals surface area (Å²) in [6.45, 7) is 0. The summed E-state index contributed by atoms with van der Waals surface area (Å²) in [6, 6.07) is 85.1. The minimum Gasteiger partial charge on any atom is -0.309 e. The van der Waals surface area contributed by atoms with Crippen LogP contribution in [0.3, 0.4) is 0 Å². The molecule has 0 amide bonds. The molecule has 0 atom stereocenters. The van der Waals surface area contributed by atoms with E-state index in [1.54, 1.807) is 0 Å². The Morgan fingerprint density at radius 3 is 1.04 bits per heavy atom. The van der Waals surface area contributed by atoms with Gasteiger partial charge in [-0.15, -0.1) is 0 Å². The van der Waals surface area contributed by atoms with Crippen molar-refractivity contribution < 1.29 is 0 Å². The fraction of sp³-hybridized carbons (Fsp3) is 0. The van der Waals surface area contributed by atoms with Crippen LogP contribution in [0.2, 0.25) is 0 Å². The number of hydrogen-bond acceptors (Lipinski definition) is 2. The molecule has 0 radical (unpaired) electrons. The van der Waals surface area contributed by atoms with Crippen LogP contribution in [0.1, 0.15) is 0 Å². The molecule has 14 rings (SSSR count). The lowest BCUT2D eigenvalue weighted by atomic mass is 10.0. The molecule has 0 saturated heterocycles. The second-order valence-corrected chi connectivity index (χ2v) is 17.4. The molecule has 10 aromatic carbocycles. The largest absolute Gasteiger partial charge is 0.309 e. The lowest BCUT2D eigenvalue weighted by Crippen LogP contribution is -2.02. The molecule has 0 saturated carbocycles. The predicted molar refractivity (Wildman–Crippen MR) is 279 cm³/mol. The summed E-state index contributed by atoms with van der Waals surface area (Å²) in [5, 5.41) is 9.69. The van der Waals surface area contributed by atoms with Crippen LogP contribution in [0.15, 0.2) is 237 Å². The third-order valence-electron chi connectivity index (χ3n) is 13.6. The Hall–Kier alpha value is -9.06. The zero-order valence-electron chi connectivity index (χ0n) is 36.3. The van der Waals surface area contributed by atoms with Gasteiger partial charge in [0.2, 0.25) is 0 Å². The monoisotopic (exact) mass is 853 g/mol. The van der Waals surface area contributed by atoms with E-state index in [9.17, 15) is 0 Å². The van der Waals surface area contributed by atoms with Crippen LogP contribution in [-0.2, 0) is 0 Å².